The lowest BCUT2D eigenvalue weighted by Gasteiger charge is -2.38. The van der Waals surface area contributed by atoms with Gasteiger partial charge >= 0.3 is 7.60 Å². The zero-order valence-electron chi connectivity index (χ0n) is 19.5. The lowest BCUT2D eigenvalue weighted by Crippen LogP contribution is -2.40. The summed E-state index contributed by atoms with van der Waals surface area (Å²) < 4.78 is 39.1. The van der Waals surface area contributed by atoms with E-state index in [2.05, 4.69) is 10.9 Å². The van der Waals surface area contributed by atoms with Gasteiger partial charge in [-0.3, -0.25) is 9.36 Å². The molecule has 0 bridgehead atoms. The van der Waals surface area contributed by atoms with Crippen molar-refractivity contribution in [2.75, 3.05) is 0 Å². The molecule has 6 unspecified atom stereocenters. The van der Waals surface area contributed by atoms with Gasteiger partial charge in [-0.15, -0.1) is 6.42 Å². The smallest absolute Gasteiger partial charge is 0.359 e. The van der Waals surface area contributed by atoms with E-state index in [-0.39, 0.29) is 42.5 Å². The molecule has 1 aromatic heterocycles. The standard InChI is InChI=1S/C22H33FNO8P/c1-7-13-15(16(23)12(5)20(27)24-13)19-18(26)17(25)14(31-19)11-21(6,8-2)32-33(29,30)22(28,9-3)10-4/h1,14,17-19,25-26,28H,8-11H2,2-6H3,(H,24,27)(H,29,30). The Morgan fingerprint density at radius 1 is 1.24 bits per heavy atom. The van der Waals surface area contributed by atoms with Crippen molar-refractivity contribution in [2.24, 2.45) is 0 Å². The van der Waals surface area contributed by atoms with Crippen LogP contribution in [0.2, 0.25) is 0 Å². The van der Waals surface area contributed by atoms with E-state index >= 15 is 0 Å². The number of aliphatic hydroxyl groups is 3. The normalized spacial score (nSPS) is 27.1. The molecule has 33 heavy (non-hydrogen) atoms. The molecule has 9 nitrogen and oxygen atoms in total. The fraction of sp³-hybridized carbons (Fsp3) is 0.682. The Kier molecular flexibility index (Phi) is 8.36. The molecule has 1 aliphatic rings. The Labute approximate surface area is 192 Å². The molecule has 11 heteroatoms. The first-order valence-corrected chi connectivity index (χ1v) is 12.4. The van der Waals surface area contributed by atoms with Crippen molar-refractivity contribution in [3.05, 3.63) is 33.0 Å². The monoisotopic (exact) mass is 489 g/mol. The molecule has 0 aromatic carbocycles. The van der Waals surface area contributed by atoms with Gasteiger partial charge in [0.25, 0.3) is 5.56 Å². The van der Waals surface area contributed by atoms with E-state index in [1.165, 1.54) is 13.8 Å². The molecule has 2 rings (SSSR count). The van der Waals surface area contributed by atoms with E-state index in [1.54, 1.807) is 20.8 Å². The summed E-state index contributed by atoms with van der Waals surface area (Å²) in [5.74, 6) is 1.21. The van der Waals surface area contributed by atoms with Crippen LogP contribution in [0.1, 0.15) is 76.3 Å². The van der Waals surface area contributed by atoms with Crippen molar-refractivity contribution < 1.29 is 38.4 Å². The SMILES string of the molecule is C#Cc1[nH]c(=O)c(C)c(F)c1C1OC(CC(C)(CC)OP(=O)(O)C(O)(CC)CC)C(O)C1O. The molecule has 0 spiro atoms. The molecule has 1 fully saturated rings. The predicted molar refractivity (Wildman–Crippen MR) is 119 cm³/mol. The first-order valence-electron chi connectivity index (χ1n) is 10.9. The Bertz CT molecular complexity index is 1020. The minimum atomic E-state index is -4.52. The first-order chi connectivity index (χ1) is 15.2. The van der Waals surface area contributed by atoms with Gasteiger partial charge in [0.15, 0.2) is 5.34 Å². The van der Waals surface area contributed by atoms with Crippen molar-refractivity contribution in [2.45, 2.75) is 95.7 Å². The van der Waals surface area contributed by atoms with Gasteiger partial charge in [0.1, 0.15) is 29.8 Å². The summed E-state index contributed by atoms with van der Waals surface area (Å²) in [4.78, 5) is 24.7. The maximum atomic E-state index is 14.9. The molecule has 5 N–H and O–H groups in total. The Balaban J connectivity index is 2.37. The van der Waals surface area contributed by atoms with Crippen LogP contribution in [0.15, 0.2) is 4.79 Å². The summed E-state index contributed by atoms with van der Waals surface area (Å²) in [6, 6.07) is 0. The zero-order valence-corrected chi connectivity index (χ0v) is 20.4. The summed E-state index contributed by atoms with van der Waals surface area (Å²) in [6.07, 6.45) is -0.190. The quantitative estimate of drug-likeness (QED) is 0.262. The number of rotatable bonds is 9. The lowest BCUT2D eigenvalue weighted by molar-refractivity contribution is -0.0548. The summed E-state index contributed by atoms with van der Waals surface area (Å²) >= 11 is 0. The summed E-state index contributed by atoms with van der Waals surface area (Å²) in [6.45, 7) is 7.58. The third kappa shape index (κ3) is 5.10. The second-order valence-corrected chi connectivity index (χ2v) is 10.8. The maximum Gasteiger partial charge on any atom is 0.359 e. The van der Waals surface area contributed by atoms with Crippen LogP contribution in [-0.4, -0.2) is 54.5 Å². The summed E-state index contributed by atoms with van der Waals surface area (Å²) in [5, 5.41) is 29.8. The number of aromatic amines is 1. The third-order valence-corrected chi connectivity index (χ3v) is 8.96. The summed E-state index contributed by atoms with van der Waals surface area (Å²) in [7, 11) is -4.52. The minimum Gasteiger partial charge on any atom is -0.388 e. The third-order valence-electron chi connectivity index (χ3n) is 6.59. The Morgan fingerprint density at radius 2 is 1.82 bits per heavy atom. The molecule has 2 heterocycles. The first kappa shape index (κ1) is 27.7. The molecule has 0 aliphatic carbocycles. The molecule has 6 atom stereocenters. The summed E-state index contributed by atoms with van der Waals surface area (Å²) in [5.41, 5.74) is -2.79. The molecular weight excluding hydrogens is 456 g/mol. The highest BCUT2D eigenvalue weighted by Gasteiger charge is 2.52. The number of ether oxygens (including phenoxy) is 1. The highest BCUT2D eigenvalue weighted by atomic mass is 31.2. The average molecular weight is 489 g/mol. The molecule has 0 saturated carbocycles. The van der Waals surface area contributed by atoms with Crippen molar-refractivity contribution in [1.29, 1.82) is 0 Å². The largest absolute Gasteiger partial charge is 0.388 e. The van der Waals surface area contributed by atoms with Crippen LogP contribution in [0.25, 0.3) is 0 Å². The van der Waals surface area contributed by atoms with Gasteiger partial charge in [-0.2, -0.15) is 0 Å². The van der Waals surface area contributed by atoms with Gasteiger partial charge in [0.2, 0.25) is 0 Å². The molecule has 186 valence electrons. The van der Waals surface area contributed by atoms with E-state index < -0.39 is 54.3 Å². The van der Waals surface area contributed by atoms with Gasteiger partial charge in [0.05, 0.1) is 22.8 Å². The fourth-order valence-electron chi connectivity index (χ4n) is 3.93. The second kappa shape index (κ2) is 9.96. The number of aliphatic hydroxyl groups excluding tert-OH is 2. The van der Waals surface area contributed by atoms with Crippen molar-refractivity contribution in [1.82, 2.24) is 4.98 Å². The van der Waals surface area contributed by atoms with E-state index in [0.29, 0.717) is 0 Å². The molecule has 0 radical (unpaired) electrons. The number of aromatic nitrogens is 1. The lowest BCUT2D eigenvalue weighted by atomic mass is 9.92. The van der Waals surface area contributed by atoms with Crippen LogP contribution in [0.5, 0.6) is 0 Å². The maximum absolute atomic E-state index is 14.9. The van der Waals surface area contributed by atoms with E-state index in [1.807, 2.05) is 0 Å². The van der Waals surface area contributed by atoms with Crippen LogP contribution < -0.4 is 5.56 Å². The number of hydrogen-bond donors (Lipinski definition) is 5. The van der Waals surface area contributed by atoms with E-state index in [4.69, 9.17) is 15.7 Å². The van der Waals surface area contributed by atoms with Gasteiger partial charge in [0, 0.05) is 6.42 Å². The van der Waals surface area contributed by atoms with Crippen LogP contribution in [-0.2, 0) is 13.8 Å². The van der Waals surface area contributed by atoms with Gasteiger partial charge in [-0.05, 0) is 33.1 Å². The number of halogens is 1. The Hall–Kier alpha value is -1.57. The highest BCUT2D eigenvalue weighted by Crippen LogP contribution is 2.60. The molecule has 1 aliphatic heterocycles. The van der Waals surface area contributed by atoms with Crippen molar-refractivity contribution in [3.8, 4) is 12.3 Å². The van der Waals surface area contributed by atoms with Crippen LogP contribution >= 0.6 is 7.60 Å². The molecule has 1 aromatic rings. The number of nitrogens with one attached hydrogen (secondary N) is 1. The average Bonchev–Trinajstić information content (AvgIpc) is 3.03. The molecule has 0 amide bonds. The van der Waals surface area contributed by atoms with Crippen LogP contribution in [0.3, 0.4) is 0 Å². The number of hydrogen-bond acceptors (Lipinski definition) is 7. The number of terminal acetylenes is 1. The minimum absolute atomic E-state index is 0.0138. The van der Waals surface area contributed by atoms with Gasteiger partial charge in [-0.25, -0.2) is 4.39 Å². The molecular formula is C22H33FNO8P. The van der Waals surface area contributed by atoms with Crippen LogP contribution in [0.4, 0.5) is 4.39 Å². The topological polar surface area (TPSA) is 149 Å². The van der Waals surface area contributed by atoms with Gasteiger partial charge < -0.3 is 34.5 Å². The van der Waals surface area contributed by atoms with Gasteiger partial charge in [-0.1, -0.05) is 26.7 Å². The number of H-pyrrole nitrogens is 1. The van der Waals surface area contributed by atoms with Crippen molar-refractivity contribution in [3.63, 3.8) is 0 Å². The predicted octanol–water partition coefficient (Wildman–Crippen LogP) is 2.23. The Morgan fingerprint density at radius 3 is 2.30 bits per heavy atom. The fourth-order valence-corrected chi connectivity index (χ4v) is 5.70. The van der Waals surface area contributed by atoms with Crippen LogP contribution in [0, 0.1) is 25.1 Å². The second-order valence-electron chi connectivity index (χ2n) is 8.71. The highest BCUT2D eigenvalue weighted by molar-refractivity contribution is 7.54. The zero-order chi connectivity index (χ0) is 25.4. The number of pyridine rings is 1. The van der Waals surface area contributed by atoms with Crippen molar-refractivity contribution >= 4 is 7.60 Å². The van der Waals surface area contributed by atoms with E-state index in [9.17, 15) is 34.0 Å². The van der Waals surface area contributed by atoms with E-state index in [0.717, 1.165) is 0 Å². The molecule has 1 saturated heterocycles.